The summed E-state index contributed by atoms with van der Waals surface area (Å²) in [6, 6.07) is 2.97. The number of benzene rings is 1. The summed E-state index contributed by atoms with van der Waals surface area (Å²) < 4.78 is 0. The molecule has 0 spiro atoms. The monoisotopic (exact) mass is 282 g/mol. The highest BCUT2D eigenvalue weighted by Crippen LogP contribution is 2.28. The third kappa shape index (κ3) is 3.80. The number of nitro benzene ring substituents is 2. The topological polar surface area (TPSA) is 201 Å². The van der Waals surface area contributed by atoms with E-state index >= 15 is 0 Å². The number of anilines is 1. The van der Waals surface area contributed by atoms with Gasteiger partial charge in [0.2, 0.25) is 5.96 Å². The average molecular weight is 282 g/mol. The van der Waals surface area contributed by atoms with Gasteiger partial charge in [0, 0.05) is 6.07 Å². The first-order valence-corrected chi connectivity index (χ1v) is 4.93. The van der Waals surface area contributed by atoms with Gasteiger partial charge >= 0.3 is 5.69 Å². The lowest BCUT2D eigenvalue weighted by Gasteiger charge is -2.02. The van der Waals surface area contributed by atoms with Crippen LogP contribution >= 0.6 is 0 Å². The Morgan fingerprint density at radius 3 is 2.30 bits per heavy atom. The van der Waals surface area contributed by atoms with Crippen molar-refractivity contribution in [1.82, 2.24) is 0 Å². The van der Waals surface area contributed by atoms with Crippen LogP contribution in [0.4, 0.5) is 17.1 Å². The third-order valence-electron chi connectivity index (χ3n) is 1.92. The van der Waals surface area contributed by atoms with Gasteiger partial charge in [0.15, 0.2) is 5.96 Å². The number of guanidine groups is 2. The van der Waals surface area contributed by atoms with Crippen LogP contribution < -0.4 is 22.6 Å². The molecule has 0 atom stereocenters. The lowest BCUT2D eigenvalue weighted by molar-refractivity contribution is -0.393. The number of rotatable bonds is 4. The molecule has 12 heteroatoms. The SMILES string of the molecule is NC(N)=N/C(N)=N/Nc1ccc([N+](=O)[O-])cc1[N+](=O)[O-]. The molecule has 1 aromatic carbocycles. The van der Waals surface area contributed by atoms with Gasteiger partial charge in [-0.05, 0) is 6.07 Å². The largest absolute Gasteiger partial charge is 0.370 e. The van der Waals surface area contributed by atoms with Gasteiger partial charge in [0.1, 0.15) is 5.69 Å². The Morgan fingerprint density at radius 1 is 1.15 bits per heavy atom. The van der Waals surface area contributed by atoms with Crippen LogP contribution in [0.2, 0.25) is 0 Å². The molecule has 20 heavy (non-hydrogen) atoms. The van der Waals surface area contributed by atoms with Crippen LogP contribution in [0.3, 0.4) is 0 Å². The maximum atomic E-state index is 10.8. The lowest BCUT2D eigenvalue weighted by atomic mass is 10.2. The summed E-state index contributed by atoms with van der Waals surface area (Å²) in [5, 5.41) is 24.8. The fourth-order valence-electron chi connectivity index (χ4n) is 1.15. The standard InChI is InChI=1S/C8H10N8O4/c9-7(10)12-8(11)14-13-5-2-1-4(15(17)18)3-6(5)16(19)20/h1-3,13H,(H6,9,10,11,12,14). The van der Waals surface area contributed by atoms with Crippen molar-refractivity contribution in [2.75, 3.05) is 5.43 Å². The second-order valence-electron chi connectivity index (χ2n) is 3.33. The van der Waals surface area contributed by atoms with Crippen LogP contribution in [0.15, 0.2) is 28.3 Å². The summed E-state index contributed by atoms with van der Waals surface area (Å²) in [5.74, 6) is -0.705. The normalized spacial score (nSPS) is 10.7. The van der Waals surface area contributed by atoms with Crippen molar-refractivity contribution in [2.24, 2.45) is 27.3 Å². The molecule has 0 aliphatic heterocycles. The van der Waals surface area contributed by atoms with Crippen molar-refractivity contribution in [3.8, 4) is 0 Å². The molecule has 0 heterocycles. The number of nitro groups is 2. The summed E-state index contributed by atoms with van der Waals surface area (Å²) in [7, 11) is 0. The number of hydrogen-bond acceptors (Lipinski definition) is 6. The highest BCUT2D eigenvalue weighted by Gasteiger charge is 2.19. The maximum Gasteiger partial charge on any atom is 0.301 e. The van der Waals surface area contributed by atoms with Crippen molar-refractivity contribution in [2.45, 2.75) is 0 Å². The minimum atomic E-state index is -0.804. The molecule has 0 amide bonds. The van der Waals surface area contributed by atoms with Gasteiger partial charge in [-0.3, -0.25) is 25.7 Å². The fourth-order valence-corrected chi connectivity index (χ4v) is 1.15. The van der Waals surface area contributed by atoms with E-state index in [4.69, 9.17) is 17.2 Å². The van der Waals surface area contributed by atoms with E-state index in [-0.39, 0.29) is 17.6 Å². The van der Waals surface area contributed by atoms with Crippen molar-refractivity contribution >= 4 is 29.0 Å². The molecule has 0 aliphatic rings. The highest BCUT2D eigenvalue weighted by molar-refractivity contribution is 5.92. The Labute approximate surface area is 111 Å². The number of nitrogens with two attached hydrogens (primary N) is 3. The summed E-state index contributed by atoms with van der Waals surface area (Å²) in [6.45, 7) is 0. The minimum Gasteiger partial charge on any atom is -0.370 e. The molecule has 12 nitrogen and oxygen atoms in total. The summed E-state index contributed by atoms with van der Waals surface area (Å²) in [5.41, 5.74) is 16.6. The van der Waals surface area contributed by atoms with Crippen LogP contribution in [-0.4, -0.2) is 21.8 Å². The van der Waals surface area contributed by atoms with Crippen molar-refractivity contribution in [1.29, 1.82) is 0 Å². The number of non-ortho nitro benzene ring substituents is 1. The minimum absolute atomic E-state index is 0.102. The van der Waals surface area contributed by atoms with E-state index in [0.717, 1.165) is 18.2 Å². The zero-order valence-electron chi connectivity index (χ0n) is 9.89. The van der Waals surface area contributed by atoms with Gasteiger partial charge in [-0.1, -0.05) is 0 Å². The lowest BCUT2D eigenvalue weighted by Crippen LogP contribution is -2.26. The van der Waals surface area contributed by atoms with Gasteiger partial charge in [-0.25, -0.2) is 0 Å². The van der Waals surface area contributed by atoms with E-state index in [9.17, 15) is 20.2 Å². The maximum absolute atomic E-state index is 10.8. The second kappa shape index (κ2) is 5.94. The first-order chi connectivity index (χ1) is 9.31. The molecule has 0 aromatic heterocycles. The van der Waals surface area contributed by atoms with Gasteiger partial charge in [-0.15, -0.1) is 5.10 Å². The van der Waals surface area contributed by atoms with Crippen LogP contribution in [0, 0.1) is 20.2 Å². The van der Waals surface area contributed by atoms with Crippen molar-refractivity contribution < 1.29 is 9.85 Å². The first-order valence-electron chi connectivity index (χ1n) is 4.93. The van der Waals surface area contributed by atoms with Gasteiger partial charge in [0.05, 0.1) is 15.9 Å². The molecule has 1 rings (SSSR count). The van der Waals surface area contributed by atoms with E-state index in [0.29, 0.717) is 0 Å². The molecule has 0 saturated heterocycles. The van der Waals surface area contributed by atoms with Gasteiger partial charge in [0.25, 0.3) is 5.69 Å². The zero-order chi connectivity index (χ0) is 15.3. The number of nitrogens with one attached hydrogen (secondary N) is 1. The molecule has 0 unspecified atom stereocenters. The van der Waals surface area contributed by atoms with Gasteiger partial charge < -0.3 is 17.2 Å². The molecule has 0 bridgehead atoms. The molecular formula is C8H10N8O4. The highest BCUT2D eigenvalue weighted by atomic mass is 16.6. The van der Waals surface area contributed by atoms with Crippen LogP contribution in [0.1, 0.15) is 0 Å². The molecule has 0 saturated carbocycles. The first kappa shape index (κ1) is 14.6. The summed E-state index contributed by atoms with van der Waals surface area (Å²) >= 11 is 0. The van der Waals surface area contributed by atoms with Crippen LogP contribution in [-0.2, 0) is 0 Å². The molecule has 1 aromatic rings. The van der Waals surface area contributed by atoms with E-state index in [2.05, 4.69) is 15.5 Å². The molecule has 0 aliphatic carbocycles. The molecular weight excluding hydrogens is 272 g/mol. The number of hydrazone groups is 1. The smallest absolute Gasteiger partial charge is 0.301 e. The van der Waals surface area contributed by atoms with Crippen molar-refractivity contribution in [3.63, 3.8) is 0 Å². The predicted molar refractivity (Wildman–Crippen MR) is 70.8 cm³/mol. The van der Waals surface area contributed by atoms with Crippen LogP contribution in [0.25, 0.3) is 0 Å². The quantitative estimate of drug-likeness (QED) is 0.243. The molecule has 7 N–H and O–H groups in total. The molecule has 0 radical (unpaired) electrons. The van der Waals surface area contributed by atoms with E-state index in [1.165, 1.54) is 0 Å². The molecule has 0 fully saturated rings. The predicted octanol–water partition coefficient (Wildman–Crippen LogP) is -0.582. The van der Waals surface area contributed by atoms with Crippen molar-refractivity contribution in [3.05, 3.63) is 38.4 Å². The fraction of sp³-hybridized carbons (Fsp3) is 0. The average Bonchev–Trinajstić information content (AvgIpc) is 2.35. The second-order valence-corrected chi connectivity index (χ2v) is 3.33. The van der Waals surface area contributed by atoms with Crippen LogP contribution in [0.5, 0.6) is 0 Å². The Bertz CT molecular complexity index is 606. The summed E-state index contributed by atoms with van der Waals surface area (Å²) in [4.78, 5) is 23.2. The Kier molecular flexibility index (Phi) is 4.34. The number of hydrogen-bond donors (Lipinski definition) is 4. The van der Waals surface area contributed by atoms with E-state index in [1.54, 1.807) is 0 Å². The number of nitrogens with zero attached hydrogens (tertiary/aromatic N) is 4. The third-order valence-corrected chi connectivity index (χ3v) is 1.92. The summed E-state index contributed by atoms with van der Waals surface area (Å²) in [6.07, 6.45) is 0. The zero-order valence-corrected chi connectivity index (χ0v) is 9.89. The molecule has 106 valence electrons. The van der Waals surface area contributed by atoms with E-state index < -0.39 is 21.2 Å². The van der Waals surface area contributed by atoms with Gasteiger partial charge in [-0.2, -0.15) is 4.99 Å². The number of aliphatic imine (C=N–C) groups is 1. The van der Waals surface area contributed by atoms with E-state index in [1.807, 2.05) is 0 Å². The Balaban J connectivity index is 3.10. The Morgan fingerprint density at radius 2 is 1.80 bits per heavy atom. The Hall–Kier alpha value is -3.44.